The number of ether oxygens (including phenoxy) is 1. The molecule has 0 radical (unpaired) electrons. The lowest BCUT2D eigenvalue weighted by Crippen LogP contribution is -2.30. The number of alkyl carbamates (subject to hydrolysis) is 1. The molecule has 1 unspecified atom stereocenters. The third-order valence-corrected chi connectivity index (χ3v) is 6.25. The molecule has 1 atom stereocenters. The fourth-order valence-corrected chi connectivity index (χ4v) is 4.39. The van der Waals surface area contributed by atoms with Crippen molar-refractivity contribution in [2.24, 2.45) is 5.92 Å². The minimum Gasteiger partial charge on any atom is -0.481 e. The maximum absolute atomic E-state index is 12.6. The van der Waals surface area contributed by atoms with Crippen LogP contribution >= 0.6 is 0 Å². The molecule has 2 amide bonds. The van der Waals surface area contributed by atoms with Crippen LogP contribution in [-0.4, -0.2) is 36.2 Å². The number of amides is 2. The lowest BCUT2D eigenvalue weighted by molar-refractivity contribution is -0.136. The molecule has 3 N–H and O–H groups in total. The Bertz CT molecular complexity index is 1190. The van der Waals surface area contributed by atoms with Crippen molar-refractivity contribution in [1.82, 2.24) is 5.32 Å². The summed E-state index contributed by atoms with van der Waals surface area (Å²) in [5, 5.41) is 14.6. The fourth-order valence-electron chi connectivity index (χ4n) is 4.39. The first-order chi connectivity index (χ1) is 16.9. The average Bonchev–Trinajstić information content (AvgIpc) is 3.17. The zero-order valence-electron chi connectivity index (χ0n) is 19.5. The number of carbonyl (C=O) groups excluding carboxylic acids is 2. The van der Waals surface area contributed by atoms with Crippen molar-refractivity contribution in [2.75, 3.05) is 18.5 Å². The first-order valence-corrected chi connectivity index (χ1v) is 11.6. The van der Waals surface area contributed by atoms with Crippen LogP contribution < -0.4 is 10.6 Å². The first kappa shape index (κ1) is 24.0. The molecule has 3 aromatic carbocycles. The lowest BCUT2D eigenvalue weighted by Gasteiger charge is -2.16. The third kappa shape index (κ3) is 5.69. The molecule has 35 heavy (non-hydrogen) atoms. The van der Waals surface area contributed by atoms with E-state index in [0.717, 1.165) is 11.1 Å². The van der Waals surface area contributed by atoms with Gasteiger partial charge in [-0.1, -0.05) is 73.7 Å². The van der Waals surface area contributed by atoms with Crippen molar-refractivity contribution in [3.8, 4) is 11.1 Å². The second kappa shape index (κ2) is 10.9. The van der Waals surface area contributed by atoms with Crippen molar-refractivity contribution >= 4 is 23.7 Å². The average molecular weight is 473 g/mol. The number of rotatable bonds is 9. The van der Waals surface area contributed by atoms with Crippen LogP contribution in [0.2, 0.25) is 0 Å². The second-order valence-electron chi connectivity index (χ2n) is 8.66. The van der Waals surface area contributed by atoms with Crippen molar-refractivity contribution in [3.05, 3.63) is 89.5 Å². The van der Waals surface area contributed by atoms with Gasteiger partial charge in [0, 0.05) is 24.1 Å². The summed E-state index contributed by atoms with van der Waals surface area (Å²) in [7, 11) is 0. The van der Waals surface area contributed by atoms with Gasteiger partial charge in [-0.15, -0.1) is 0 Å². The Morgan fingerprint density at radius 3 is 2.17 bits per heavy atom. The SMILES string of the molecule is CC(CCNC(=O)OCC1c2ccccc2-c2ccccc21)C(=O)Nc1ccccc1CC(=O)O. The number of hydrogen-bond donors (Lipinski definition) is 3. The molecule has 0 heterocycles. The fraction of sp³-hybridized carbons (Fsp3) is 0.250. The number of fused-ring (bicyclic) bond motifs is 3. The summed E-state index contributed by atoms with van der Waals surface area (Å²) >= 11 is 0. The van der Waals surface area contributed by atoms with E-state index in [1.165, 1.54) is 11.1 Å². The molecule has 4 rings (SSSR count). The summed E-state index contributed by atoms with van der Waals surface area (Å²) in [6.45, 7) is 2.27. The molecule has 7 nitrogen and oxygen atoms in total. The number of para-hydroxylation sites is 1. The Hall–Kier alpha value is -4.13. The number of benzene rings is 3. The summed E-state index contributed by atoms with van der Waals surface area (Å²) < 4.78 is 5.52. The van der Waals surface area contributed by atoms with Crippen LogP contribution in [0.3, 0.4) is 0 Å². The lowest BCUT2D eigenvalue weighted by atomic mass is 9.98. The van der Waals surface area contributed by atoms with Gasteiger partial charge in [0.1, 0.15) is 6.61 Å². The Kier molecular flexibility index (Phi) is 7.45. The predicted molar refractivity (Wildman–Crippen MR) is 133 cm³/mol. The van der Waals surface area contributed by atoms with Crippen LogP contribution in [0.15, 0.2) is 72.8 Å². The minimum atomic E-state index is -0.966. The Morgan fingerprint density at radius 1 is 0.914 bits per heavy atom. The van der Waals surface area contributed by atoms with Gasteiger partial charge in [0.15, 0.2) is 0 Å². The van der Waals surface area contributed by atoms with E-state index in [0.29, 0.717) is 17.7 Å². The molecular formula is C28H28N2O5. The molecule has 0 saturated heterocycles. The maximum atomic E-state index is 12.6. The van der Waals surface area contributed by atoms with E-state index in [-0.39, 0.29) is 37.3 Å². The highest BCUT2D eigenvalue weighted by Gasteiger charge is 2.29. The van der Waals surface area contributed by atoms with Gasteiger partial charge < -0.3 is 20.5 Å². The molecule has 180 valence electrons. The molecule has 3 aromatic rings. The maximum Gasteiger partial charge on any atom is 0.407 e. The number of anilines is 1. The van der Waals surface area contributed by atoms with Crippen LogP contribution in [-0.2, 0) is 20.7 Å². The largest absolute Gasteiger partial charge is 0.481 e. The van der Waals surface area contributed by atoms with Crippen molar-refractivity contribution in [3.63, 3.8) is 0 Å². The number of aliphatic carboxylic acids is 1. The highest BCUT2D eigenvalue weighted by molar-refractivity contribution is 5.93. The van der Waals surface area contributed by atoms with E-state index in [9.17, 15) is 14.4 Å². The molecule has 1 aliphatic rings. The van der Waals surface area contributed by atoms with E-state index in [4.69, 9.17) is 9.84 Å². The van der Waals surface area contributed by atoms with E-state index >= 15 is 0 Å². The molecule has 7 heteroatoms. The van der Waals surface area contributed by atoms with Gasteiger partial charge in [0.25, 0.3) is 0 Å². The quantitative estimate of drug-likeness (QED) is 0.414. The standard InChI is InChI=1S/C28H28N2O5/c1-18(27(33)30-25-13-7-2-8-19(25)16-26(31)32)14-15-29-28(34)35-17-24-22-11-5-3-9-20(22)21-10-4-6-12-23(21)24/h2-13,18,24H,14-17H2,1H3,(H,29,34)(H,30,33)(H,31,32). The van der Waals surface area contributed by atoms with Crippen molar-refractivity contribution < 1.29 is 24.2 Å². The highest BCUT2D eigenvalue weighted by atomic mass is 16.5. The van der Waals surface area contributed by atoms with E-state index in [2.05, 4.69) is 34.9 Å². The molecule has 0 fully saturated rings. The predicted octanol–water partition coefficient (Wildman–Crippen LogP) is 4.82. The van der Waals surface area contributed by atoms with Gasteiger partial charge in [0.2, 0.25) is 5.91 Å². The third-order valence-electron chi connectivity index (χ3n) is 6.25. The van der Waals surface area contributed by atoms with Crippen molar-refractivity contribution in [2.45, 2.75) is 25.7 Å². The van der Waals surface area contributed by atoms with E-state index in [1.54, 1.807) is 31.2 Å². The number of hydrogen-bond acceptors (Lipinski definition) is 4. The summed E-state index contributed by atoms with van der Waals surface area (Å²) in [4.78, 5) is 35.9. The molecule has 0 spiro atoms. The second-order valence-corrected chi connectivity index (χ2v) is 8.66. The molecule has 0 aliphatic heterocycles. The van der Waals surface area contributed by atoms with Gasteiger partial charge in [-0.2, -0.15) is 0 Å². The van der Waals surface area contributed by atoms with Gasteiger partial charge in [-0.25, -0.2) is 4.79 Å². The first-order valence-electron chi connectivity index (χ1n) is 11.6. The molecule has 0 bridgehead atoms. The summed E-state index contributed by atoms with van der Waals surface area (Å²) in [5.74, 6) is -1.60. The summed E-state index contributed by atoms with van der Waals surface area (Å²) in [5.41, 5.74) is 5.65. The topological polar surface area (TPSA) is 105 Å². The summed E-state index contributed by atoms with van der Waals surface area (Å²) in [6.07, 6.45) is -0.281. The van der Waals surface area contributed by atoms with Crippen molar-refractivity contribution in [1.29, 1.82) is 0 Å². The molecule has 0 aromatic heterocycles. The van der Waals surface area contributed by atoms with Gasteiger partial charge in [-0.3, -0.25) is 9.59 Å². The van der Waals surface area contributed by atoms with Gasteiger partial charge >= 0.3 is 12.1 Å². The van der Waals surface area contributed by atoms with E-state index < -0.39 is 12.1 Å². The monoisotopic (exact) mass is 472 g/mol. The Morgan fingerprint density at radius 2 is 1.51 bits per heavy atom. The van der Waals surface area contributed by atoms with Crippen LogP contribution in [0.4, 0.5) is 10.5 Å². The number of nitrogens with one attached hydrogen (secondary N) is 2. The van der Waals surface area contributed by atoms with Crippen LogP contribution in [0.25, 0.3) is 11.1 Å². The zero-order chi connectivity index (χ0) is 24.8. The summed E-state index contributed by atoms with van der Waals surface area (Å²) in [6, 6.07) is 23.1. The van der Waals surface area contributed by atoms with Gasteiger partial charge in [-0.05, 0) is 40.3 Å². The van der Waals surface area contributed by atoms with Crippen LogP contribution in [0.5, 0.6) is 0 Å². The van der Waals surface area contributed by atoms with E-state index in [1.807, 2.05) is 24.3 Å². The molecule has 1 aliphatic carbocycles. The molecular weight excluding hydrogens is 444 g/mol. The number of carboxylic acid groups (broad SMARTS) is 1. The number of carboxylic acids is 1. The van der Waals surface area contributed by atoms with Crippen LogP contribution in [0, 0.1) is 5.92 Å². The highest BCUT2D eigenvalue weighted by Crippen LogP contribution is 2.44. The number of carbonyl (C=O) groups is 3. The normalized spacial score (nSPS) is 12.8. The molecule has 0 saturated carbocycles. The zero-order valence-corrected chi connectivity index (χ0v) is 19.5. The Labute approximate surface area is 204 Å². The minimum absolute atomic E-state index is 0.0104. The van der Waals surface area contributed by atoms with Crippen LogP contribution in [0.1, 0.15) is 36.0 Å². The van der Waals surface area contributed by atoms with Gasteiger partial charge in [0.05, 0.1) is 6.42 Å². The Balaban J connectivity index is 1.25. The smallest absolute Gasteiger partial charge is 0.407 e.